The van der Waals surface area contributed by atoms with Gasteiger partial charge in [-0.15, -0.1) is 5.10 Å². The van der Waals surface area contributed by atoms with E-state index in [0.717, 1.165) is 23.9 Å². The van der Waals surface area contributed by atoms with Crippen LogP contribution in [0.4, 0.5) is 5.88 Å². The fraction of sp³-hybridized carbons (Fsp3) is 0.400. The van der Waals surface area contributed by atoms with Crippen molar-refractivity contribution in [3.63, 3.8) is 0 Å². The molecule has 5 nitrogen and oxygen atoms in total. The number of Topliss-reactive ketones (excluding diaryl/α,β-unsaturated/α-hetero) is 1. The number of nitrogen functional groups attached to an aromatic ring is 1. The third-order valence-corrected chi connectivity index (χ3v) is 2.81. The third kappa shape index (κ3) is 1.09. The summed E-state index contributed by atoms with van der Waals surface area (Å²) in [4.78, 5) is 12.0. The first-order chi connectivity index (χ1) is 7.18. The Bertz CT molecular complexity index is 548. The Balaban J connectivity index is 2.25. The standard InChI is InChI=1S/C10H11N3O2/c1-4-6-7(8(14)5-2-3-5)9(11)15-10(6)13-12-4/h5H,2-3,11H2,1H3,(H,12,13). The van der Waals surface area contributed by atoms with Crippen molar-refractivity contribution in [2.45, 2.75) is 19.8 Å². The molecule has 3 rings (SSSR count). The minimum absolute atomic E-state index is 0.0933. The van der Waals surface area contributed by atoms with Crippen molar-refractivity contribution >= 4 is 22.8 Å². The molecule has 0 aliphatic heterocycles. The number of nitrogens with one attached hydrogen (secondary N) is 1. The van der Waals surface area contributed by atoms with Gasteiger partial charge in [0.1, 0.15) is 0 Å². The van der Waals surface area contributed by atoms with Crippen molar-refractivity contribution in [1.29, 1.82) is 0 Å². The van der Waals surface area contributed by atoms with Gasteiger partial charge >= 0.3 is 0 Å². The topological polar surface area (TPSA) is 84.9 Å². The van der Waals surface area contributed by atoms with Crippen molar-refractivity contribution in [3.05, 3.63) is 11.3 Å². The molecule has 1 aliphatic carbocycles. The predicted molar refractivity (Wildman–Crippen MR) is 54.6 cm³/mol. The van der Waals surface area contributed by atoms with Gasteiger partial charge in [0.15, 0.2) is 5.78 Å². The molecule has 0 saturated heterocycles. The summed E-state index contributed by atoms with van der Waals surface area (Å²) in [7, 11) is 0. The molecule has 0 aromatic carbocycles. The molecule has 15 heavy (non-hydrogen) atoms. The summed E-state index contributed by atoms with van der Waals surface area (Å²) in [5, 5.41) is 7.47. The second-order valence-corrected chi connectivity index (χ2v) is 4.01. The molecule has 0 atom stereocenters. The fourth-order valence-corrected chi connectivity index (χ4v) is 1.85. The SMILES string of the molecule is Cc1[nH]nc2oc(N)c(C(=O)C3CC3)c12. The summed E-state index contributed by atoms with van der Waals surface area (Å²) < 4.78 is 5.23. The van der Waals surface area contributed by atoms with Crippen LogP contribution < -0.4 is 5.73 Å². The molecule has 0 radical (unpaired) electrons. The third-order valence-electron chi connectivity index (χ3n) is 2.81. The first-order valence-corrected chi connectivity index (χ1v) is 4.95. The van der Waals surface area contributed by atoms with Crippen molar-refractivity contribution in [1.82, 2.24) is 10.2 Å². The second kappa shape index (κ2) is 2.62. The van der Waals surface area contributed by atoms with Crippen molar-refractivity contribution in [3.8, 4) is 0 Å². The van der Waals surface area contributed by atoms with Crippen molar-refractivity contribution in [2.24, 2.45) is 5.92 Å². The Labute approximate surface area is 85.6 Å². The highest BCUT2D eigenvalue weighted by molar-refractivity contribution is 6.13. The maximum absolute atomic E-state index is 12.0. The number of hydrogen-bond donors (Lipinski definition) is 2. The number of anilines is 1. The average molecular weight is 205 g/mol. The highest BCUT2D eigenvalue weighted by Gasteiger charge is 2.35. The van der Waals surface area contributed by atoms with Gasteiger partial charge in [-0.05, 0) is 19.8 Å². The molecule has 78 valence electrons. The number of H-pyrrole nitrogens is 1. The van der Waals surface area contributed by atoms with Crippen LogP contribution in [0.2, 0.25) is 0 Å². The van der Waals surface area contributed by atoms with E-state index in [1.807, 2.05) is 6.92 Å². The lowest BCUT2D eigenvalue weighted by molar-refractivity contribution is 0.0969. The summed E-state index contributed by atoms with van der Waals surface area (Å²) in [5.74, 6) is 0.430. The highest BCUT2D eigenvalue weighted by Crippen LogP contribution is 2.38. The normalized spacial score (nSPS) is 16.1. The van der Waals surface area contributed by atoms with E-state index < -0.39 is 0 Å². The van der Waals surface area contributed by atoms with E-state index in [-0.39, 0.29) is 17.6 Å². The number of carbonyl (C=O) groups is 1. The van der Waals surface area contributed by atoms with Crippen LogP contribution in [0, 0.1) is 12.8 Å². The van der Waals surface area contributed by atoms with E-state index in [1.165, 1.54) is 0 Å². The van der Waals surface area contributed by atoms with E-state index in [2.05, 4.69) is 10.2 Å². The maximum atomic E-state index is 12.0. The minimum atomic E-state index is 0.0933. The Hall–Kier alpha value is -1.78. The number of ketones is 1. The zero-order chi connectivity index (χ0) is 10.6. The number of nitrogens with two attached hydrogens (primary N) is 1. The van der Waals surface area contributed by atoms with Crippen LogP contribution in [-0.2, 0) is 0 Å². The van der Waals surface area contributed by atoms with Crippen molar-refractivity contribution in [2.75, 3.05) is 5.73 Å². The van der Waals surface area contributed by atoms with E-state index in [4.69, 9.17) is 10.2 Å². The molecule has 2 heterocycles. The van der Waals surface area contributed by atoms with E-state index in [9.17, 15) is 4.79 Å². The summed E-state index contributed by atoms with van der Waals surface area (Å²) in [5.41, 5.74) is 7.46. The van der Waals surface area contributed by atoms with Crippen LogP contribution in [0.25, 0.3) is 11.1 Å². The van der Waals surface area contributed by atoms with Gasteiger partial charge in [0.05, 0.1) is 10.9 Å². The molecule has 0 amide bonds. The number of aromatic amines is 1. The molecule has 1 fully saturated rings. The van der Waals surface area contributed by atoms with Gasteiger partial charge < -0.3 is 10.2 Å². The molecule has 2 aromatic rings. The van der Waals surface area contributed by atoms with Gasteiger partial charge in [0, 0.05) is 11.6 Å². The number of aromatic nitrogens is 2. The van der Waals surface area contributed by atoms with Crippen LogP contribution in [-0.4, -0.2) is 16.0 Å². The Morgan fingerprint density at radius 1 is 1.60 bits per heavy atom. The molecule has 0 spiro atoms. The number of rotatable bonds is 2. The van der Waals surface area contributed by atoms with Crippen molar-refractivity contribution < 1.29 is 9.21 Å². The molecule has 3 N–H and O–H groups in total. The molecule has 1 aliphatic rings. The van der Waals surface area contributed by atoms with Gasteiger partial charge in [0.2, 0.25) is 11.6 Å². The Morgan fingerprint density at radius 2 is 2.33 bits per heavy atom. The number of furan rings is 1. The van der Waals surface area contributed by atoms with Gasteiger partial charge in [0.25, 0.3) is 0 Å². The predicted octanol–water partition coefficient (Wildman–Crippen LogP) is 1.64. The Morgan fingerprint density at radius 3 is 3.00 bits per heavy atom. The Kier molecular flexibility index (Phi) is 1.49. The monoisotopic (exact) mass is 205 g/mol. The van der Waals surface area contributed by atoms with E-state index in [1.54, 1.807) is 0 Å². The lowest BCUT2D eigenvalue weighted by Gasteiger charge is -1.96. The first-order valence-electron chi connectivity index (χ1n) is 4.95. The number of aryl methyl sites for hydroxylation is 1. The van der Waals surface area contributed by atoms with Crippen LogP contribution in [0.3, 0.4) is 0 Å². The summed E-state index contributed by atoms with van der Waals surface area (Å²) in [6.07, 6.45) is 1.92. The molecular formula is C10H11N3O2. The highest BCUT2D eigenvalue weighted by atomic mass is 16.4. The molecule has 2 aromatic heterocycles. The van der Waals surface area contributed by atoms with Crippen LogP contribution in [0.1, 0.15) is 28.9 Å². The van der Waals surface area contributed by atoms with Gasteiger partial charge in [-0.1, -0.05) is 0 Å². The number of hydrogen-bond acceptors (Lipinski definition) is 4. The molecule has 0 unspecified atom stereocenters. The second-order valence-electron chi connectivity index (χ2n) is 4.01. The number of carbonyl (C=O) groups excluding carboxylic acids is 1. The van der Waals surface area contributed by atoms with E-state index >= 15 is 0 Å². The number of fused-ring (bicyclic) bond motifs is 1. The smallest absolute Gasteiger partial charge is 0.248 e. The van der Waals surface area contributed by atoms with Crippen LogP contribution in [0.5, 0.6) is 0 Å². The summed E-state index contributed by atoms with van der Waals surface area (Å²) in [6, 6.07) is 0. The van der Waals surface area contributed by atoms with Gasteiger partial charge in [-0.2, -0.15) is 0 Å². The summed E-state index contributed by atoms with van der Waals surface area (Å²) in [6.45, 7) is 1.86. The average Bonchev–Trinajstić information content (AvgIpc) is 2.92. The summed E-state index contributed by atoms with van der Waals surface area (Å²) >= 11 is 0. The lowest BCUT2D eigenvalue weighted by Crippen LogP contribution is -2.03. The number of nitrogens with zero attached hydrogens (tertiary/aromatic N) is 1. The lowest BCUT2D eigenvalue weighted by atomic mass is 10.1. The zero-order valence-electron chi connectivity index (χ0n) is 8.33. The zero-order valence-corrected chi connectivity index (χ0v) is 8.33. The van der Waals surface area contributed by atoms with Crippen LogP contribution >= 0.6 is 0 Å². The van der Waals surface area contributed by atoms with Crippen LogP contribution in [0.15, 0.2) is 4.42 Å². The molecule has 1 saturated carbocycles. The van der Waals surface area contributed by atoms with E-state index in [0.29, 0.717) is 11.3 Å². The minimum Gasteiger partial charge on any atom is -0.420 e. The molecule has 5 heteroatoms. The molecular weight excluding hydrogens is 194 g/mol. The quantitative estimate of drug-likeness (QED) is 0.730. The molecule has 0 bridgehead atoms. The largest absolute Gasteiger partial charge is 0.420 e. The van der Waals surface area contributed by atoms with Gasteiger partial charge in [-0.3, -0.25) is 9.89 Å². The first kappa shape index (κ1) is 8.52. The fourth-order valence-electron chi connectivity index (χ4n) is 1.85. The maximum Gasteiger partial charge on any atom is 0.248 e. The van der Waals surface area contributed by atoms with Gasteiger partial charge in [-0.25, -0.2) is 0 Å².